The van der Waals surface area contributed by atoms with Gasteiger partial charge in [-0.2, -0.15) is 5.10 Å². The van der Waals surface area contributed by atoms with E-state index in [9.17, 15) is 4.79 Å². The molecule has 224 valence electrons. The lowest BCUT2D eigenvalue weighted by Crippen LogP contribution is -2.29. The third kappa shape index (κ3) is 9.30. The molecule has 0 aliphatic carbocycles. The molecule has 0 radical (unpaired) electrons. The number of thiocarbonyl (C=S) groups is 1. The lowest BCUT2D eigenvalue weighted by molar-refractivity contribution is -0.122. The molecule has 1 saturated heterocycles. The summed E-state index contributed by atoms with van der Waals surface area (Å²) in [6, 6.07) is 18.0. The van der Waals surface area contributed by atoms with Crippen LogP contribution in [0.25, 0.3) is 23.0 Å². The van der Waals surface area contributed by atoms with Gasteiger partial charge in [0.15, 0.2) is 0 Å². The highest BCUT2D eigenvalue weighted by Gasteiger charge is 2.32. The maximum atomic E-state index is 13.4. The molecule has 1 aromatic heterocycles. The lowest BCUT2D eigenvalue weighted by atomic mass is 10.1. The van der Waals surface area contributed by atoms with E-state index >= 15 is 0 Å². The number of thioether (sulfide) groups is 1. The average molecular weight is 604 g/mol. The summed E-state index contributed by atoms with van der Waals surface area (Å²) in [5.41, 5.74) is 3.63. The molecule has 4 rings (SSSR count). The van der Waals surface area contributed by atoms with Gasteiger partial charge in [0.2, 0.25) is 0 Å². The highest BCUT2D eigenvalue weighted by molar-refractivity contribution is 8.26. The molecule has 1 amide bonds. The van der Waals surface area contributed by atoms with Crippen molar-refractivity contribution in [2.24, 2.45) is 5.92 Å². The Kier molecular flexibility index (Phi) is 12.7. The number of rotatable bonds is 17. The summed E-state index contributed by atoms with van der Waals surface area (Å²) in [5.74, 6) is 1.29. The predicted molar refractivity (Wildman–Crippen MR) is 181 cm³/mol. The molecule has 0 N–H and O–H groups in total. The van der Waals surface area contributed by atoms with Gasteiger partial charge >= 0.3 is 0 Å². The van der Waals surface area contributed by atoms with Gasteiger partial charge < -0.3 is 4.74 Å². The fourth-order valence-corrected chi connectivity index (χ4v) is 6.29. The van der Waals surface area contributed by atoms with E-state index < -0.39 is 0 Å². The number of para-hydroxylation sites is 1. The number of ether oxygens (including phenoxy) is 1. The summed E-state index contributed by atoms with van der Waals surface area (Å²) in [6.45, 7) is 7.89. The molecule has 0 bridgehead atoms. The van der Waals surface area contributed by atoms with Gasteiger partial charge in [-0.05, 0) is 54.8 Å². The fraction of sp³-hybridized carbons (Fsp3) is 0.457. The van der Waals surface area contributed by atoms with Crippen molar-refractivity contribution in [2.75, 3.05) is 13.2 Å². The van der Waals surface area contributed by atoms with E-state index in [1.807, 2.05) is 71.6 Å². The molecule has 3 aromatic rings. The molecule has 0 spiro atoms. The van der Waals surface area contributed by atoms with E-state index in [1.54, 1.807) is 4.90 Å². The second-order valence-corrected chi connectivity index (χ2v) is 13.1. The van der Waals surface area contributed by atoms with Gasteiger partial charge in [-0.1, -0.05) is 121 Å². The maximum Gasteiger partial charge on any atom is 0.266 e. The molecule has 5 nitrogen and oxygen atoms in total. The topological polar surface area (TPSA) is 47.4 Å². The molecule has 2 aromatic carbocycles. The van der Waals surface area contributed by atoms with Crippen LogP contribution in [-0.4, -0.2) is 38.1 Å². The Morgan fingerprint density at radius 1 is 0.905 bits per heavy atom. The number of hydrogen-bond donors (Lipinski definition) is 0. The number of unbranched alkanes of at least 4 members (excludes halogenated alkanes) is 9. The van der Waals surface area contributed by atoms with Gasteiger partial charge in [-0.25, -0.2) is 4.68 Å². The Morgan fingerprint density at radius 3 is 2.19 bits per heavy atom. The van der Waals surface area contributed by atoms with Crippen LogP contribution < -0.4 is 4.74 Å². The van der Waals surface area contributed by atoms with Crippen molar-refractivity contribution in [3.05, 3.63) is 71.3 Å². The van der Waals surface area contributed by atoms with Gasteiger partial charge in [0.25, 0.3) is 5.91 Å². The molecule has 0 unspecified atom stereocenters. The summed E-state index contributed by atoms with van der Waals surface area (Å²) in [5, 5.41) is 4.93. The Bertz CT molecular complexity index is 1320. The Labute approximate surface area is 261 Å². The Hall–Kier alpha value is -2.90. The van der Waals surface area contributed by atoms with E-state index in [-0.39, 0.29) is 5.91 Å². The molecule has 42 heavy (non-hydrogen) atoms. The zero-order chi connectivity index (χ0) is 29.7. The van der Waals surface area contributed by atoms with E-state index in [1.165, 1.54) is 63.1 Å². The summed E-state index contributed by atoms with van der Waals surface area (Å²) in [6.07, 6.45) is 16.6. The number of benzene rings is 2. The van der Waals surface area contributed by atoms with Crippen molar-refractivity contribution in [2.45, 2.75) is 85.0 Å². The number of nitrogens with zero attached hydrogens (tertiary/aromatic N) is 3. The summed E-state index contributed by atoms with van der Waals surface area (Å²) < 4.78 is 8.39. The minimum Gasteiger partial charge on any atom is -0.493 e. The molecule has 0 saturated carbocycles. The number of carbonyl (C=O) groups is 1. The third-order valence-electron chi connectivity index (χ3n) is 7.37. The van der Waals surface area contributed by atoms with Crippen molar-refractivity contribution in [3.8, 4) is 22.7 Å². The van der Waals surface area contributed by atoms with Crippen molar-refractivity contribution in [3.63, 3.8) is 0 Å². The molecule has 7 heteroatoms. The van der Waals surface area contributed by atoms with Crippen molar-refractivity contribution in [1.29, 1.82) is 0 Å². The van der Waals surface area contributed by atoms with Crippen LogP contribution in [0.4, 0.5) is 0 Å². The second-order valence-electron chi connectivity index (χ2n) is 11.5. The van der Waals surface area contributed by atoms with Crippen LogP contribution in [0, 0.1) is 5.92 Å². The second kappa shape index (κ2) is 16.7. The fourth-order valence-electron chi connectivity index (χ4n) is 4.99. The first-order valence-electron chi connectivity index (χ1n) is 15.6. The first-order chi connectivity index (χ1) is 20.5. The highest BCUT2D eigenvalue weighted by atomic mass is 32.2. The normalized spacial score (nSPS) is 14.5. The predicted octanol–water partition coefficient (Wildman–Crippen LogP) is 9.70. The van der Waals surface area contributed by atoms with Crippen LogP contribution in [0.2, 0.25) is 0 Å². The number of amides is 1. The molecule has 1 fully saturated rings. The lowest BCUT2D eigenvalue weighted by Gasteiger charge is -2.14. The van der Waals surface area contributed by atoms with Gasteiger partial charge in [-0.3, -0.25) is 9.69 Å². The van der Waals surface area contributed by atoms with Gasteiger partial charge in [-0.15, -0.1) is 0 Å². The average Bonchev–Trinajstić information content (AvgIpc) is 3.53. The quantitative estimate of drug-likeness (QED) is 0.0873. The van der Waals surface area contributed by atoms with Gasteiger partial charge in [0.05, 0.1) is 22.9 Å². The third-order valence-corrected chi connectivity index (χ3v) is 8.75. The molecular weight excluding hydrogens is 559 g/mol. The number of hydrogen-bond acceptors (Lipinski definition) is 5. The summed E-state index contributed by atoms with van der Waals surface area (Å²) in [7, 11) is 0. The van der Waals surface area contributed by atoms with Crippen LogP contribution in [0.15, 0.2) is 65.7 Å². The summed E-state index contributed by atoms with van der Waals surface area (Å²) in [4.78, 5) is 15.8. The standard InChI is InChI=1S/C35H45N3O2S2/c1-4-5-6-7-8-9-10-11-12-16-23-37-34(39)32(42-35(37)41)24-29-25-38(30-17-14-13-15-18-30)36-33(29)28-19-21-31(22-20-28)40-26-27(2)3/h13-15,17-22,24-25,27H,4-12,16,23,26H2,1-3H3/b32-24-. The zero-order valence-corrected chi connectivity index (χ0v) is 27.0. The Balaban J connectivity index is 1.42. The van der Waals surface area contributed by atoms with E-state index in [0.29, 0.717) is 28.3 Å². The zero-order valence-electron chi connectivity index (χ0n) is 25.4. The first kappa shape index (κ1) is 32.0. The largest absolute Gasteiger partial charge is 0.493 e. The smallest absolute Gasteiger partial charge is 0.266 e. The molecule has 2 heterocycles. The monoisotopic (exact) mass is 603 g/mol. The van der Waals surface area contributed by atoms with Crippen molar-refractivity contribution in [1.82, 2.24) is 14.7 Å². The van der Waals surface area contributed by atoms with E-state index in [2.05, 4.69) is 20.8 Å². The molecular formula is C35H45N3O2S2. The van der Waals surface area contributed by atoms with Crippen LogP contribution in [-0.2, 0) is 4.79 Å². The first-order valence-corrected chi connectivity index (χ1v) is 16.8. The van der Waals surface area contributed by atoms with Crippen LogP contribution in [0.5, 0.6) is 5.75 Å². The Morgan fingerprint density at radius 2 is 1.55 bits per heavy atom. The minimum absolute atomic E-state index is 0.00299. The van der Waals surface area contributed by atoms with Crippen molar-refractivity contribution >= 4 is 40.3 Å². The van der Waals surface area contributed by atoms with Crippen molar-refractivity contribution < 1.29 is 9.53 Å². The van der Waals surface area contributed by atoms with Crippen LogP contribution in [0.3, 0.4) is 0 Å². The van der Waals surface area contributed by atoms with Crippen LogP contribution >= 0.6 is 24.0 Å². The van der Waals surface area contributed by atoms with Gasteiger partial charge in [0, 0.05) is 23.9 Å². The maximum absolute atomic E-state index is 13.4. The number of aromatic nitrogens is 2. The van der Waals surface area contributed by atoms with E-state index in [4.69, 9.17) is 22.1 Å². The molecule has 1 aliphatic rings. The SMILES string of the molecule is CCCCCCCCCCCCN1C(=O)/C(=C/c2cn(-c3ccccc3)nc2-c2ccc(OCC(C)C)cc2)SC1=S. The molecule has 0 atom stereocenters. The number of carbonyl (C=O) groups excluding carboxylic acids is 1. The van der Waals surface area contributed by atoms with Crippen LogP contribution in [0.1, 0.15) is 90.5 Å². The van der Waals surface area contributed by atoms with E-state index in [0.717, 1.165) is 41.1 Å². The summed E-state index contributed by atoms with van der Waals surface area (Å²) >= 11 is 7.03. The molecule has 1 aliphatic heterocycles. The minimum atomic E-state index is -0.00299. The highest BCUT2D eigenvalue weighted by Crippen LogP contribution is 2.35. The van der Waals surface area contributed by atoms with Gasteiger partial charge in [0.1, 0.15) is 10.1 Å².